The predicted octanol–water partition coefficient (Wildman–Crippen LogP) is 2.83. The lowest BCUT2D eigenvalue weighted by atomic mass is 10.1. The minimum Gasteiger partial charge on any atom is -0.481 e. The Morgan fingerprint density at radius 3 is 1.50 bits per heavy atom. The second kappa shape index (κ2) is 12.9. The van der Waals surface area contributed by atoms with Gasteiger partial charge in [-0.05, 0) is 17.7 Å². The van der Waals surface area contributed by atoms with Crippen molar-refractivity contribution in [2.24, 2.45) is 0 Å². The normalized spacial score (nSPS) is 9.00. The summed E-state index contributed by atoms with van der Waals surface area (Å²) in [6.07, 6.45) is -0.113. The SMILES string of the molecule is CC(=O)O.CC(=O)Oc1ccc([N+](=O)[O-])cc1.O=C(O)Cc1ccc([N+](=O)[O-])cc1. The molecule has 0 saturated heterocycles. The number of ether oxygens (including phenoxy) is 1. The van der Waals surface area contributed by atoms with E-state index in [0.29, 0.717) is 11.3 Å². The van der Waals surface area contributed by atoms with Gasteiger partial charge < -0.3 is 14.9 Å². The first-order valence-corrected chi connectivity index (χ1v) is 8.00. The number of esters is 1. The molecule has 2 N–H and O–H groups in total. The van der Waals surface area contributed by atoms with Gasteiger partial charge in [0.15, 0.2) is 0 Å². The molecule has 0 bridgehead atoms. The molecule has 0 heterocycles. The third-order valence-corrected chi connectivity index (χ3v) is 2.81. The zero-order valence-corrected chi connectivity index (χ0v) is 15.9. The van der Waals surface area contributed by atoms with Crippen molar-refractivity contribution in [1.82, 2.24) is 0 Å². The average Bonchev–Trinajstić information content (AvgIpc) is 2.61. The van der Waals surface area contributed by atoms with Crippen molar-refractivity contribution in [3.05, 3.63) is 74.3 Å². The van der Waals surface area contributed by atoms with Crippen LogP contribution in [0.25, 0.3) is 0 Å². The Labute approximate surface area is 169 Å². The van der Waals surface area contributed by atoms with Crippen molar-refractivity contribution < 1.29 is 39.2 Å². The zero-order valence-electron chi connectivity index (χ0n) is 15.9. The number of carboxylic acid groups (broad SMARTS) is 2. The molecule has 0 radical (unpaired) electrons. The highest BCUT2D eigenvalue weighted by Crippen LogP contribution is 2.17. The molecule has 30 heavy (non-hydrogen) atoms. The molecule has 0 fully saturated rings. The van der Waals surface area contributed by atoms with Gasteiger partial charge in [0.05, 0.1) is 16.3 Å². The Balaban J connectivity index is 0.000000477. The maximum absolute atomic E-state index is 10.5. The molecule has 12 nitrogen and oxygen atoms in total. The number of benzene rings is 2. The summed E-state index contributed by atoms with van der Waals surface area (Å²) in [5.41, 5.74) is 0.489. The lowest BCUT2D eigenvalue weighted by Gasteiger charge is -1.98. The molecular weight excluding hydrogens is 404 g/mol. The van der Waals surface area contributed by atoms with Crippen LogP contribution >= 0.6 is 0 Å². The van der Waals surface area contributed by atoms with E-state index < -0.39 is 27.8 Å². The van der Waals surface area contributed by atoms with Crippen LogP contribution in [-0.2, 0) is 20.8 Å². The summed E-state index contributed by atoms with van der Waals surface area (Å²) < 4.78 is 4.69. The molecule has 0 aliphatic carbocycles. The number of carboxylic acids is 2. The van der Waals surface area contributed by atoms with E-state index in [1.165, 1.54) is 55.5 Å². The molecular formula is C18H18N2O10. The maximum Gasteiger partial charge on any atom is 0.308 e. The molecule has 0 saturated carbocycles. The van der Waals surface area contributed by atoms with Gasteiger partial charge in [0, 0.05) is 38.1 Å². The number of nitro groups is 2. The highest BCUT2D eigenvalue weighted by molar-refractivity contribution is 5.70. The Morgan fingerprint density at radius 2 is 1.20 bits per heavy atom. The van der Waals surface area contributed by atoms with Gasteiger partial charge in [0.25, 0.3) is 17.3 Å². The minimum absolute atomic E-state index is 0.0316. The second-order valence-electron chi connectivity index (χ2n) is 5.36. The molecule has 0 spiro atoms. The smallest absolute Gasteiger partial charge is 0.308 e. The Morgan fingerprint density at radius 1 is 0.833 bits per heavy atom. The number of rotatable bonds is 5. The van der Waals surface area contributed by atoms with Crippen molar-refractivity contribution in [3.63, 3.8) is 0 Å². The Hall–Kier alpha value is -4.35. The molecule has 0 aliphatic heterocycles. The van der Waals surface area contributed by atoms with Gasteiger partial charge in [-0.25, -0.2) is 0 Å². The fourth-order valence-corrected chi connectivity index (χ4v) is 1.71. The van der Waals surface area contributed by atoms with Gasteiger partial charge in [0.1, 0.15) is 5.75 Å². The van der Waals surface area contributed by atoms with Crippen LogP contribution < -0.4 is 4.74 Å². The van der Waals surface area contributed by atoms with Gasteiger partial charge >= 0.3 is 11.9 Å². The number of carbonyl (C=O) groups is 3. The number of aliphatic carboxylic acids is 2. The van der Waals surface area contributed by atoms with E-state index >= 15 is 0 Å². The van der Waals surface area contributed by atoms with Gasteiger partial charge in [-0.3, -0.25) is 34.6 Å². The summed E-state index contributed by atoms with van der Waals surface area (Å²) in [6, 6.07) is 10.8. The topological polar surface area (TPSA) is 187 Å². The van der Waals surface area contributed by atoms with E-state index in [0.717, 1.165) is 6.92 Å². The minimum atomic E-state index is -0.950. The van der Waals surface area contributed by atoms with E-state index in [4.69, 9.17) is 15.0 Å². The van der Waals surface area contributed by atoms with Crippen LogP contribution in [0.1, 0.15) is 19.4 Å². The largest absolute Gasteiger partial charge is 0.481 e. The first kappa shape index (κ1) is 25.6. The van der Waals surface area contributed by atoms with E-state index in [2.05, 4.69) is 4.74 Å². The first-order chi connectivity index (χ1) is 13.9. The molecule has 160 valence electrons. The number of non-ortho nitro benzene ring substituents is 2. The summed E-state index contributed by atoms with van der Waals surface area (Å²) in [5.74, 6) is -1.93. The van der Waals surface area contributed by atoms with Crippen LogP contribution in [0, 0.1) is 20.2 Å². The van der Waals surface area contributed by atoms with Gasteiger partial charge in [0.2, 0.25) is 0 Å². The second-order valence-corrected chi connectivity index (χ2v) is 5.36. The van der Waals surface area contributed by atoms with Gasteiger partial charge in [-0.15, -0.1) is 0 Å². The molecule has 0 amide bonds. The molecule has 2 aromatic carbocycles. The highest BCUT2D eigenvalue weighted by atomic mass is 16.6. The van der Waals surface area contributed by atoms with Crippen LogP contribution in [0.3, 0.4) is 0 Å². The highest BCUT2D eigenvalue weighted by Gasteiger charge is 2.06. The maximum atomic E-state index is 10.5. The average molecular weight is 422 g/mol. The molecule has 0 aliphatic rings. The molecule has 2 rings (SSSR count). The summed E-state index contributed by atoms with van der Waals surface area (Å²) in [6.45, 7) is 2.35. The van der Waals surface area contributed by atoms with Gasteiger partial charge in [-0.1, -0.05) is 12.1 Å². The van der Waals surface area contributed by atoms with Crippen molar-refractivity contribution in [2.45, 2.75) is 20.3 Å². The predicted molar refractivity (Wildman–Crippen MR) is 102 cm³/mol. The van der Waals surface area contributed by atoms with Crippen LogP contribution in [0.5, 0.6) is 5.75 Å². The van der Waals surface area contributed by atoms with Crippen molar-refractivity contribution in [1.29, 1.82) is 0 Å². The fourth-order valence-electron chi connectivity index (χ4n) is 1.71. The Kier molecular flexibility index (Phi) is 11.1. The number of carbonyl (C=O) groups excluding carboxylic acids is 1. The van der Waals surface area contributed by atoms with E-state index in [1.807, 2.05) is 0 Å². The van der Waals surface area contributed by atoms with E-state index in [9.17, 15) is 29.8 Å². The van der Waals surface area contributed by atoms with Crippen LogP contribution in [-0.4, -0.2) is 38.0 Å². The quantitative estimate of drug-likeness (QED) is 0.314. The lowest BCUT2D eigenvalue weighted by molar-refractivity contribution is -0.385. The van der Waals surface area contributed by atoms with E-state index in [1.54, 1.807) is 0 Å². The Bertz CT molecular complexity index is 819. The van der Waals surface area contributed by atoms with Crippen LogP contribution in [0.4, 0.5) is 11.4 Å². The van der Waals surface area contributed by atoms with E-state index in [-0.39, 0.29) is 17.8 Å². The van der Waals surface area contributed by atoms with Crippen LogP contribution in [0.2, 0.25) is 0 Å². The summed E-state index contributed by atoms with van der Waals surface area (Å²) in [5, 5.41) is 36.3. The third-order valence-electron chi connectivity index (χ3n) is 2.81. The molecule has 0 aromatic heterocycles. The van der Waals surface area contributed by atoms with Crippen molar-refractivity contribution in [2.75, 3.05) is 0 Å². The van der Waals surface area contributed by atoms with Crippen molar-refractivity contribution >= 4 is 29.3 Å². The summed E-state index contributed by atoms with van der Waals surface area (Å²) in [4.78, 5) is 49.1. The summed E-state index contributed by atoms with van der Waals surface area (Å²) >= 11 is 0. The fraction of sp³-hybridized carbons (Fsp3) is 0.167. The molecule has 0 atom stereocenters. The monoisotopic (exact) mass is 422 g/mol. The lowest BCUT2D eigenvalue weighted by Crippen LogP contribution is -2.01. The number of hydrogen-bond acceptors (Lipinski definition) is 8. The summed E-state index contributed by atoms with van der Waals surface area (Å²) in [7, 11) is 0. The third kappa shape index (κ3) is 12.1. The molecule has 12 heteroatoms. The number of nitro benzene ring substituents is 2. The molecule has 2 aromatic rings. The zero-order chi connectivity index (χ0) is 23.3. The van der Waals surface area contributed by atoms with Crippen LogP contribution in [0.15, 0.2) is 48.5 Å². The number of nitrogens with zero attached hydrogens (tertiary/aromatic N) is 2. The van der Waals surface area contributed by atoms with Crippen molar-refractivity contribution in [3.8, 4) is 5.75 Å². The molecule has 0 unspecified atom stereocenters. The standard InChI is InChI=1S/2C8H7NO4.C2H4O2/c1-6(10)13-8-4-2-7(3-5-8)9(11)12;10-8(11)5-6-1-3-7(4-2-6)9(12)13;1-2(3)4/h2-5H,1H3;1-4H,5H2,(H,10,11);1H3,(H,3,4). The van der Waals surface area contributed by atoms with Gasteiger partial charge in [-0.2, -0.15) is 0 Å². The number of hydrogen-bond donors (Lipinski definition) is 2. The first-order valence-electron chi connectivity index (χ1n) is 8.00.